The molecule has 1 aliphatic carbocycles. The van der Waals surface area contributed by atoms with Gasteiger partial charge in [-0.25, -0.2) is 9.78 Å². The van der Waals surface area contributed by atoms with Crippen LogP contribution in [-0.4, -0.2) is 51.3 Å². The molecule has 138 valence electrons. The summed E-state index contributed by atoms with van der Waals surface area (Å²) >= 11 is 0. The molecule has 1 aliphatic rings. The molecule has 0 radical (unpaired) electrons. The molecule has 1 fully saturated rings. The van der Waals surface area contributed by atoms with Crippen LogP contribution >= 0.6 is 0 Å². The summed E-state index contributed by atoms with van der Waals surface area (Å²) in [5.41, 5.74) is -1.22. The van der Waals surface area contributed by atoms with E-state index in [1.54, 1.807) is 0 Å². The van der Waals surface area contributed by atoms with Crippen molar-refractivity contribution in [2.75, 3.05) is 28.4 Å². The van der Waals surface area contributed by atoms with E-state index >= 15 is 0 Å². The van der Waals surface area contributed by atoms with E-state index in [0.717, 1.165) is 0 Å². The number of carbonyl (C=O) groups excluding carboxylic acids is 3. The molecule has 0 aliphatic heterocycles. The number of hydrogen-bond acceptors (Lipinski definition) is 9. The van der Waals surface area contributed by atoms with Gasteiger partial charge in [0.05, 0.1) is 28.4 Å². The van der Waals surface area contributed by atoms with E-state index in [-0.39, 0.29) is 17.6 Å². The van der Waals surface area contributed by atoms with E-state index in [2.05, 4.69) is 9.72 Å². The van der Waals surface area contributed by atoms with E-state index in [0.29, 0.717) is 31.6 Å². The maximum atomic E-state index is 11.9. The summed E-state index contributed by atoms with van der Waals surface area (Å²) in [4.78, 5) is 39.5. The van der Waals surface area contributed by atoms with Gasteiger partial charge in [-0.1, -0.05) is 0 Å². The van der Waals surface area contributed by atoms with E-state index in [1.165, 1.54) is 28.4 Å². The summed E-state index contributed by atoms with van der Waals surface area (Å²) < 4.78 is 24.4. The molecule has 0 saturated heterocycles. The number of aromatic nitrogens is 1. The van der Waals surface area contributed by atoms with E-state index in [1.807, 2.05) is 0 Å². The second kappa shape index (κ2) is 7.54. The molecule has 0 bridgehead atoms. The van der Waals surface area contributed by atoms with Crippen LogP contribution in [0.4, 0.5) is 0 Å². The Morgan fingerprint density at radius 1 is 1.12 bits per heavy atom. The zero-order valence-electron chi connectivity index (χ0n) is 14.6. The van der Waals surface area contributed by atoms with Crippen LogP contribution in [0.1, 0.15) is 35.6 Å². The largest absolute Gasteiger partial charge is 0.468 e. The molecule has 9 nitrogen and oxygen atoms in total. The van der Waals surface area contributed by atoms with Crippen LogP contribution in [-0.2, 0) is 30.2 Å². The molecule has 0 amide bonds. The summed E-state index contributed by atoms with van der Waals surface area (Å²) in [5, 5.41) is 0. The van der Waals surface area contributed by atoms with E-state index in [9.17, 15) is 14.4 Å². The lowest BCUT2D eigenvalue weighted by atomic mass is 10.0. The van der Waals surface area contributed by atoms with Crippen molar-refractivity contribution in [3.8, 4) is 5.95 Å². The van der Waals surface area contributed by atoms with Gasteiger partial charge in [0.1, 0.15) is 0 Å². The molecule has 0 aromatic carbocycles. The van der Waals surface area contributed by atoms with Crippen LogP contribution in [0.3, 0.4) is 0 Å². The third kappa shape index (κ3) is 3.45. The topological polar surface area (TPSA) is 114 Å². The van der Waals surface area contributed by atoms with E-state index in [4.69, 9.17) is 18.6 Å². The monoisotopic (exact) mass is 355 g/mol. The zero-order chi connectivity index (χ0) is 18.6. The van der Waals surface area contributed by atoms with Crippen molar-refractivity contribution in [2.24, 2.45) is 11.3 Å². The Balaban J connectivity index is 1.96. The van der Waals surface area contributed by atoms with Crippen molar-refractivity contribution in [3.63, 3.8) is 0 Å². The third-order valence-corrected chi connectivity index (χ3v) is 4.35. The van der Waals surface area contributed by atoms with Crippen molar-refractivity contribution >= 4 is 17.9 Å². The van der Waals surface area contributed by atoms with Gasteiger partial charge >= 0.3 is 23.9 Å². The molecule has 0 spiro atoms. The Labute approximate surface area is 144 Å². The Bertz CT molecular complexity index is 649. The first-order valence-electron chi connectivity index (χ1n) is 7.73. The molecule has 1 heterocycles. The summed E-state index contributed by atoms with van der Waals surface area (Å²) in [7, 11) is 5.09. The molecule has 1 unspecified atom stereocenters. The van der Waals surface area contributed by atoms with Crippen molar-refractivity contribution < 1.29 is 37.7 Å². The average molecular weight is 355 g/mol. The first-order valence-corrected chi connectivity index (χ1v) is 7.73. The lowest BCUT2D eigenvalue weighted by Gasteiger charge is -2.12. The Kier molecular flexibility index (Phi) is 5.66. The number of esters is 3. The number of aryl methyl sites for hydroxylation is 1. The van der Waals surface area contributed by atoms with Gasteiger partial charge in [-0.15, -0.1) is 0 Å². The van der Waals surface area contributed by atoms with Crippen LogP contribution in [0.5, 0.6) is 5.95 Å². The highest BCUT2D eigenvalue weighted by molar-refractivity contribution is 6.03. The van der Waals surface area contributed by atoms with Gasteiger partial charge in [0, 0.05) is 6.42 Å². The molecule has 1 saturated carbocycles. The molecule has 0 N–H and O–H groups in total. The second-order valence-electron chi connectivity index (χ2n) is 5.69. The average Bonchev–Trinajstić information content (AvgIpc) is 3.22. The second-order valence-corrected chi connectivity index (χ2v) is 5.69. The Hall–Kier alpha value is -2.58. The molecular formula is C16H21NO8. The minimum absolute atomic E-state index is 0.00765. The zero-order valence-corrected chi connectivity index (χ0v) is 14.6. The summed E-state index contributed by atoms with van der Waals surface area (Å²) in [6.07, 6.45) is 2.00. The fourth-order valence-electron chi connectivity index (χ4n) is 2.94. The van der Waals surface area contributed by atoms with E-state index < -0.39 is 23.3 Å². The number of hydrogen-bond donors (Lipinski definition) is 0. The Morgan fingerprint density at radius 3 is 2.28 bits per heavy atom. The predicted octanol–water partition coefficient (Wildman–Crippen LogP) is 1.14. The lowest BCUT2D eigenvalue weighted by Crippen LogP contribution is -2.30. The van der Waals surface area contributed by atoms with Crippen LogP contribution in [0.15, 0.2) is 4.42 Å². The standard InChI is InChI=1S/C16H21NO8/c1-21-12(18)11-13(22-2)25-10(17-11)7-5-6-9-8-16(9,14(19)23-3)15(20)24-4/h9H,5-8H2,1-4H3. The van der Waals surface area contributed by atoms with Gasteiger partial charge in [-0.3, -0.25) is 9.59 Å². The number of carbonyl (C=O) groups is 3. The Morgan fingerprint density at radius 2 is 1.76 bits per heavy atom. The normalized spacial score (nSPS) is 17.5. The molecule has 1 aromatic rings. The molecule has 1 aromatic heterocycles. The molecule has 25 heavy (non-hydrogen) atoms. The predicted molar refractivity (Wildman–Crippen MR) is 81.9 cm³/mol. The summed E-state index contributed by atoms with van der Waals surface area (Å²) in [5.74, 6) is -1.63. The number of nitrogens with zero attached hydrogens (tertiary/aromatic N) is 1. The summed E-state index contributed by atoms with van der Waals surface area (Å²) in [6, 6.07) is 0. The SMILES string of the molecule is COC(=O)c1nc(CCCC2CC2(C(=O)OC)C(=O)OC)oc1OC. The van der Waals surface area contributed by atoms with Crippen LogP contribution in [0.2, 0.25) is 0 Å². The maximum Gasteiger partial charge on any atom is 0.364 e. The summed E-state index contributed by atoms with van der Waals surface area (Å²) in [6.45, 7) is 0. The van der Waals surface area contributed by atoms with Crippen molar-refractivity contribution in [1.82, 2.24) is 4.98 Å². The fraction of sp³-hybridized carbons (Fsp3) is 0.625. The molecule has 2 rings (SSSR count). The lowest BCUT2D eigenvalue weighted by molar-refractivity contribution is -0.162. The number of methoxy groups -OCH3 is 4. The molecule has 9 heteroatoms. The fourth-order valence-corrected chi connectivity index (χ4v) is 2.94. The minimum atomic E-state index is -1.20. The van der Waals surface area contributed by atoms with Crippen LogP contribution < -0.4 is 4.74 Å². The van der Waals surface area contributed by atoms with Crippen LogP contribution in [0, 0.1) is 11.3 Å². The van der Waals surface area contributed by atoms with Gasteiger partial charge in [0.2, 0.25) is 5.69 Å². The van der Waals surface area contributed by atoms with Crippen molar-refractivity contribution in [2.45, 2.75) is 25.7 Å². The highest BCUT2D eigenvalue weighted by atomic mass is 16.6. The molecule has 1 atom stereocenters. The molecular weight excluding hydrogens is 334 g/mol. The maximum absolute atomic E-state index is 11.9. The number of ether oxygens (including phenoxy) is 4. The first kappa shape index (κ1) is 18.8. The van der Waals surface area contributed by atoms with Crippen LogP contribution in [0.25, 0.3) is 0 Å². The third-order valence-electron chi connectivity index (χ3n) is 4.35. The number of rotatable bonds is 8. The minimum Gasteiger partial charge on any atom is -0.468 e. The number of oxazole rings is 1. The van der Waals surface area contributed by atoms with Gasteiger partial charge in [-0.05, 0) is 25.2 Å². The van der Waals surface area contributed by atoms with Gasteiger partial charge in [0.25, 0.3) is 0 Å². The van der Waals surface area contributed by atoms with Gasteiger partial charge in [-0.2, -0.15) is 0 Å². The first-order chi connectivity index (χ1) is 11.9. The van der Waals surface area contributed by atoms with Gasteiger partial charge in [0.15, 0.2) is 11.3 Å². The van der Waals surface area contributed by atoms with Crippen molar-refractivity contribution in [3.05, 3.63) is 11.6 Å². The van der Waals surface area contributed by atoms with Crippen molar-refractivity contribution in [1.29, 1.82) is 0 Å². The quantitative estimate of drug-likeness (QED) is 0.385. The highest BCUT2D eigenvalue weighted by Crippen LogP contribution is 2.56. The van der Waals surface area contributed by atoms with Gasteiger partial charge < -0.3 is 23.4 Å². The smallest absolute Gasteiger partial charge is 0.364 e. The highest BCUT2D eigenvalue weighted by Gasteiger charge is 2.67.